The quantitative estimate of drug-likeness (QED) is 0.621. The minimum Gasteiger partial charge on any atom is -0.379 e. The molecule has 0 amide bonds. The minimum atomic E-state index is -0.326. The van der Waals surface area contributed by atoms with E-state index in [-0.39, 0.29) is 16.1 Å². The molecule has 21 heavy (non-hydrogen) atoms. The van der Waals surface area contributed by atoms with E-state index in [0.29, 0.717) is 24.5 Å². The van der Waals surface area contributed by atoms with Gasteiger partial charge in [-0.3, -0.25) is 10.1 Å². The molecule has 1 aromatic carbocycles. The van der Waals surface area contributed by atoms with Gasteiger partial charge in [0.15, 0.2) is 0 Å². The van der Waals surface area contributed by atoms with Crippen LogP contribution in [0.2, 0.25) is 0 Å². The van der Waals surface area contributed by atoms with Crippen molar-refractivity contribution in [1.29, 1.82) is 0 Å². The molecule has 1 unspecified atom stereocenters. The van der Waals surface area contributed by atoms with Gasteiger partial charge in [0.25, 0.3) is 0 Å². The number of rotatable bonds is 6. The smallest absolute Gasteiger partial charge is 0.315 e. The van der Waals surface area contributed by atoms with Crippen LogP contribution < -0.4 is 10.6 Å². The maximum absolute atomic E-state index is 11.4. The van der Waals surface area contributed by atoms with Crippen LogP contribution in [0.1, 0.15) is 33.1 Å². The van der Waals surface area contributed by atoms with Crippen LogP contribution in [0.15, 0.2) is 18.2 Å². The Morgan fingerprint density at radius 3 is 2.81 bits per heavy atom. The second-order valence-corrected chi connectivity index (χ2v) is 5.73. The molecule has 6 heteroatoms. The van der Waals surface area contributed by atoms with Gasteiger partial charge in [0.1, 0.15) is 11.4 Å². The lowest BCUT2D eigenvalue weighted by atomic mass is 9.94. The highest BCUT2D eigenvalue weighted by Crippen LogP contribution is 2.36. The third-order valence-electron chi connectivity index (χ3n) is 3.66. The van der Waals surface area contributed by atoms with E-state index < -0.39 is 0 Å². The molecule has 0 aromatic heterocycles. The first-order valence-corrected chi connectivity index (χ1v) is 7.43. The Hall–Kier alpha value is -1.82. The van der Waals surface area contributed by atoms with Crippen molar-refractivity contribution in [3.8, 4) is 0 Å². The summed E-state index contributed by atoms with van der Waals surface area (Å²) < 4.78 is 5.50. The lowest BCUT2D eigenvalue weighted by molar-refractivity contribution is -0.383. The van der Waals surface area contributed by atoms with E-state index in [1.54, 1.807) is 12.1 Å². The highest BCUT2D eigenvalue weighted by molar-refractivity contribution is 5.76. The van der Waals surface area contributed by atoms with Gasteiger partial charge in [-0.05, 0) is 38.3 Å². The van der Waals surface area contributed by atoms with E-state index in [9.17, 15) is 10.1 Å². The summed E-state index contributed by atoms with van der Waals surface area (Å²) in [7, 11) is 0. The van der Waals surface area contributed by atoms with Gasteiger partial charge in [-0.2, -0.15) is 0 Å². The van der Waals surface area contributed by atoms with Crippen molar-refractivity contribution < 1.29 is 9.66 Å². The third-order valence-corrected chi connectivity index (χ3v) is 3.66. The number of ether oxygens (including phenoxy) is 1. The largest absolute Gasteiger partial charge is 0.379 e. The summed E-state index contributed by atoms with van der Waals surface area (Å²) in [5.41, 5.74) is 0.964. The molecule has 1 aliphatic heterocycles. The summed E-state index contributed by atoms with van der Waals surface area (Å²) >= 11 is 0. The molecular weight excluding hydrogens is 270 g/mol. The fourth-order valence-corrected chi connectivity index (χ4v) is 2.60. The predicted octanol–water partition coefficient (Wildman–Crippen LogP) is 3.40. The molecule has 0 saturated carbocycles. The highest BCUT2D eigenvalue weighted by Gasteiger charge is 2.30. The lowest BCUT2D eigenvalue weighted by Crippen LogP contribution is -2.43. The van der Waals surface area contributed by atoms with Crippen LogP contribution in [-0.2, 0) is 4.74 Å². The lowest BCUT2D eigenvalue weighted by Gasteiger charge is -2.35. The van der Waals surface area contributed by atoms with Crippen LogP contribution in [0.4, 0.5) is 17.1 Å². The second-order valence-electron chi connectivity index (χ2n) is 5.73. The van der Waals surface area contributed by atoms with Crippen LogP contribution in [0.5, 0.6) is 0 Å². The van der Waals surface area contributed by atoms with Crippen molar-refractivity contribution in [2.24, 2.45) is 0 Å². The van der Waals surface area contributed by atoms with Crippen LogP contribution in [-0.4, -0.2) is 30.2 Å². The molecule has 1 atom stereocenters. The Bertz CT molecular complexity index is 499. The summed E-state index contributed by atoms with van der Waals surface area (Å²) in [5, 5.41) is 17.9. The van der Waals surface area contributed by atoms with Gasteiger partial charge in [-0.1, -0.05) is 13.0 Å². The van der Waals surface area contributed by atoms with E-state index in [4.69, 9.17) is 4.74 Å². The summed E-state index contributed by atoms with van der Waals surface area (Å²) in [6.45, 7) is 6.11. The standard InChI is InChI=1S/C15H23N3O3/c1-3-9-16-12-6-4-7-13(14(12)18(19)20)17-15(2)8-5-10-21-11-15/h4,6-7,16-17H,3,5,8-11H2,1-2H3. The Labute approximate surface area is 125 Å². The van der Waals surface area contributed by atoms with E-state index in [2.05, 4.69) is 10.6 Å². The van der Waals surface area contributed by atoms with Crippen LogP contribution in [0.3, 0.4) is 0 Å². The molecule has 0 radical (unpaired) electrons. The van der Waals surface area contributed by atoms with Crippen LogP contribution in [0.25, 0.3) is 0 Å². The first-order chi connectivity index (χ1) is 10.1. The van der Waals surface area contributed by atoms with Crippen molar-refractivity contribution in [2.75, 3.05) is 30.4 Å². The zero-order chi connectivity index (χ0) is 15.3. The maximum atomic E-state index is 11.4. The summed E-state index contributed by atoms with van der Waals surface area (Å²) in [6.07, 6.45) is 2.82. The van der Waals surface area contributed by atoms with E-state index in [1.165, 1.54) is 0 Å². The van der Waals surface area contributed by atoms with Gasteiger partial charge in [-0.15, -0.1) is 0 Å². The number of hydrogen-bond acceptors (Lipinski definition) is 5. The second kappa shape index (κ2) is 6.76. The fourth-order valence-electron chi connectivity index (χ4n) is 2.60. The average Bonchev–Trinajstić information content (AvgIpc) is 2.45. The highest BCUT2D eigenvalue weighted by atomic mass is 16.6. The summed E-state index contributed by atoms with van der Waals surface area (Å²) in [6, 6.07) is 5.34. The first kappa shape index (κ1) is 15.6. The predicted molar refractivity (Wildman–Crippen MR) is 84.0 cm³/mol. The molecule has 116 valence electrons. The van der Waals surface area contributed by atoms with Gasteiger partial charge in [0, 0.05) is 13.2 Å². The molecule has 1 heterocycles. The molecule has 1 aromatic rings. The first-order valence-electron chi connectivity index (χ1n) is 7.43. The average molecular weight is 293 g/mol. The van der Waals surface area contributed by atoms with Gasteiger partial charge in [0.2, 0.25) is 0 Å². The molecule has 2 rings (SSSR count). The molecule has 1 saturated heterocycles. The third kappa shape index (κ3) is 3.85. The number of nitro benzene ring substituents is 1. The Kier molecular flexibility index (Phi) is 5.01. The van der Waals surface area contributed by atoms with Crippen molar-refractivity contribution in [2.45, 2.75) is 38.6 Å². The monoisotopic (exact) mass is 293 g/mol. The Balaban J connectivity index is 2.27. The summed E-state index contributed by atoms with van der Waals surface area (Å²) in [4.78, 5) is 11.1. The van der Waals surface area contributed by atoms with E-state index in [1.807, 2.05) is 19.9 Å². The summed E-state index contributed by atoms with van der Waals surface area (Å²) in [5.74, 6) is 0. The van der Waals surface area contributed by atoms with Crippen molar-refractivity contribution in [1.82, 2.24) is 0 Å². The number of anilines is 2. The topological polar surface area (TPSA) is 76.4 Å². The molecular formula is C15H23N3O3. The number of para-hydroxylation sites is 1. The molecule has 1 fully saturated rings. The van der Waals surface area contributed by atoms with E-state index >= 15 is 0 Å². The number of nitrogens with zero attached hydrogens (tertiary/aromatic N) is 1. The molecule has 0 bridgehead atoms. The molecule has 2 N–H and O–H groups in total. The molecule has 0 aliphatic carbocycles. The van der Waals surface area contributed by atoms with Gasteiger partial charge in [0.05, 0.1) is 17.1 Å². The zero-order valence-corrected chi connectivity index (χ0v) is 12.6. The molecule has 6 nitrogen and oxygen atoms in total. The van der Waals surface area contributed by atoms with E-state index in [0.717, 1.165) is 25.9 Å². The fraction of sp³-hybridized carbons (Fsp3) is 0.600. The zero-order valence-electron chi connectivity index (χ0n) is 12.6. The SMILES string of the molecule is CCCNc1cccc(NC2(C)CCCOC2)c1[N+](=O)[O-]. The van der Waals surface area contributed by atoms with Crippen molar-refractivity contribution >= 4 is 17.1 Å². The number of hydrogen-bond donors (Lipinski definition) is 2. The Morgan fingerprint density at radius 1 is 1.43 bits per heavy atom. The number of nitro groups is 1. The normalized spacial score (nSPS) is 21.8. The maximum Gasteiger partial charge on any atom is 0.315 e. The van der Waals surface area contributed by atoms with Gasteiger partial charge >= 0.3 is 5.69 Å². The number of benzene rings is 1. The minimum absolute atomic E-state index is 0.109. The number of nitrogens with one attached hydrogen (secondary N) is 2. The molecule has 1 aliphatic rings. The Morgan fingerprint density at radius 2 is 2.19 bits per heavy atom. The van der Waals surface area contributed by atoms with Crippen molar-refractivity contribution in [3.05, 3.63) is 28.3 Å². The van der Waals surface area contributed by atoms with Crippen LogP contribution >= 0.6 is 0 Å². The molecule has 0 spiro atoms. The van der Waals surface area contributed by atoms with Crippen molar-refractivity contribution in [3.63, 3.8) is 0 Å². The van der Waals surface area contributed by atoms with Gasteiger partial charge < -0.3 is 15.4 Å². The van der Waals surface area contributed by atoms with Crippen LogP contribution in [0, 0.1) is 10.1 Å². The van der Waals surface area contributed by atoms with Gasteiger partial charge in [-0.25, -0.2) is 0 Å².